The van der Waals surface area contributed by atoms with Gasteiger partial charge in [0.1, 0.15) is 13.2 Å². The molecule has 1 saturated heterocycles. The Labute approximate surface area is 185 Å². The van der Waals surface area contributed by atoms with Gasteiger partial charge < -0.3 is 19.5 Å². The fourth-order valence-corrected chi connectivity index (χ4v) is 4.52. The van der Waals surface area contributed by atoms with Crippen molar-refractivity contribution in [3.8, 4) is 11.5 Å². The summed E-state index contributed by atoms with van der Waals surface area (Å²) in [6.07, 6.45) is 1.99. The van der Waals surface area contributed by atoms with E-state index < -0.39 is 6.10 Å². The molecule has 2 heterocycles. The van der Waals surface area contributed by atoms with E-state index in [1.165, 1.54) is 5.56 Å². The maximum atomic E-state index is 13.1. The predicted octanol–water partition coefficient (Wildman–Crippen LogP) is 4.93. The van der Waals surface area contributed by atoms with Crippen LogP contribution in [0.2, 0.25) is 0 Å². The second-order valence-corrected chi connectivity index (χ2v) is 9.54. The maximum Gasteiger partial charge on any atom is 0.223 e. The number of carbonyl (C=O) groups is 1. The molecule has 0 bridgehead atoms. The number of hydrogen-bond acceptors (Lipinski definition) is 4. The fourth-order valence-electron chi connectivity index (χ4n) is 4.52. The molecule has 2 atom stereocenters. The van der Waals surface area contributed by atoms with Crippen molar-refractivity contribution >= 4 is 5.91 Å². The number of hydrogen-bond donors (Lipinski definition) is 1. The summed E-state index contributed by atoms with van der Waals surface area (Å²) < 4.78 is 11.6. The average molecular weight is 424 g/mol. The Bertz CT molecular complexity index is 916. The zero-order chi connectivity index (χ0) is 22.0. The minimum absolute atomic E-state index is 0.00682. The van der Waals surface area contributed by atoms with E-state index in [1.807, 2.05) is 35.2 Å². The summed E-state index contributed by atoms with van der Waals surface area (Å²) in [6, 6.07) is 14.0. The monoisotopic (exact) mass is 423 g/mol. The standard InChI is InChI=1S/C26H33NO4/c1-26(2,3)19-11-9-18(10-12-19)22(28)13-14-24(29)27-15-5-7-21(27)20-6-4-8-23-25(20)31-17-16-30-23/h4,6,8-12,21-22,28H,5,7,13-17H2,1-3H3/t21-,22+/m1/s1. The van der Waals surface area contributed by atoms with Gasteiger partial charge in [-0.05, 0) is 41.9 Å². The number of fused-ring (bicyclic) bond motifs is 1. The molecule has 31 heavy (non-hydrogen) atoms. The van der Waals surface area contributed by atoms with Gasteiger partial charge in [-0.25, -0.2) is 0 Å². The zero-order valence-corrected chi connectivity index (χ0v) is 18.8. The van der Waals surface area contributed by atoms with E-state index in [0.29, 0.717) is 26.1 Å². The largest absolute Gasteiger partial charge is 0.486 e. The molecule has 0 unspecified atom stereocenters. The second kappa shape index (κ2) is 8.91. The highest BCUT2D eigenvalue weighted by Crippen LogP contribution is 2.43. The average Bonchev–Trinajstić information content (AvgIpc) is 3.26. The first kappa shape index (κ1) is 21.7. The van der Waals surface area contributed by atoms with Gasteiger partial charge in [-0.15, -0.1) is 0 Å². The van der Waals surface area contributed by atoms with E-state index in [2.05, 4.69) is 32.9 Å². The summed E-state index contributed by atoms with van der Waals surface area (Å²) >= 11 is 0. The zero-order valence-electron chi connectivity index (χ0n) is 18.8. The van der Waals surface area contributed by atoms with E-state index in [9.17, 15) is 9.90 Å². The van der Waals surface area contributed by atoms with E-state index in [-0.39, 0.29) is 17.4 Å². The summed E-state index contributed by atoms with van der Waals surface area (Å²) in [5.41, 5.74) is 3.20. The lowest BCUT2D eigenvalue weighted by atomic mass is 9.86. The molecule has 5 heteroatoms. The third-order valence-electron chi connectivity index (χ3n) is 6.32. The number of likely N-dealkylation sites (tertiary alicyclic amines) is 1. The van der Waals surface area contributed by atoms with Crippen molar-refractivity contribution in [2.75, 3.05) is 19.8 Å². The van der Waals surface area contributed by atoms with Gasteiger partial charge in [-0.2, -0.15) is 0 Å². The third-order valence-corrected chi connectivity index (χ3v) is 6.32. The highest BCUT2D eigenvalue weighted by Gasteiger charge is 2.33. The molecule has 0 spiro atoms. The summed E-state index contributed by atoms with van der Waals surface area (Å²) in [4.78, 5) is 15.0. The Morgan fingerprint density at radius 2 is 1.87 bits per heavy atom. The minimum atomic E-state index is -0.639. The number of ether oxygens (including phenoxy) is 2. The van der Waals surface area contributed by atoms with E-state index in [0.717, 1.165) is 42.0 Å². The van der Waals surface area contributed by atoms with Crippen LogP contribution in [0.15, 0.2) is 42.5 Å². The van der Waals surface area contributed by atoms with Gasteiger partial charge in [0.05, 0.1) is 12.1 Å². The number of para-hydroxylation sites is 1. The van der Waals surface area contributed by atoms with Gasteiger partial charge in [-0.3, -0.25) is 4.79 Å². The molecule has 166 valence electrons. The van der Waals surface area contributed by atoms with Gasteiger partial charge in [0, 0.05) is 18.5 Å². The summed E-state index contributed by atoms with van der Waals surface area (Å²) in [7, 11) is 0. The van der Waals surface area contributed by atoms with E-state index >= 15 is 0 Å². The van der Waals surface area contributed by atoms with Crippen molar-refractivity contribution in [1.29, 1.82) is 0 Å². The summed E-state index contributed by atoms with van der Waals surface area (Å²) in [5, 5.41) is 10.6. The molecule has 0 radical (unpaired) electrons. The Balaban J connectivity index is 1.40. The number of aliphatic hydroxyl groups excluding tert-OH is 1. The first-order valence-corrected chi connectivity index (χ1v) is 11.3. The van der Waals surface area contributed by atoms with Crippen molar-refractivity contribution in [2.45, 2.75) is 64.0 Å². The number of amides is 1. The molecule has 0 aliphatic carbocycles. The van der Waals surface area contributed by atoms with Gasteiger partial charge in [-0.1, -0.05) is 57.2 Å². The van der Waals surface area contributed by atoms with Gasteiger partial charge in [0.2, 0.25) is 5.91 Å². The quantitative estimate of drug-likeness (QED) is 0.741. The van der Waals surface area contributed by atoms with Crippen LogP contribution in [0.5, 0.6) is 11.5 Å². The van der Waals surface area contributed by atoms with Crippen LogP contribution in [0.25, 0.3) is 0 Å². The molecule has 2 aliphatic rings. The maximum absolute atomic E-state index is 13.1. The van der Waals surface area contributed by atoms with Crippen molar-refractivity contribution in [3.63, 3.8) is 0 Å². The summed E-state index contributed by atoms with van der Waals surface area (Å²) in [5.74, 6) is 1.62. The molecule has 1 fully saturated rings. The van der Waals surface area contributed by atoms with Crippen molar-refractivity contribution < 1.29 is 19.4 Å². The lowest BCUT2D eigenvalue weighted by molar-refractivity contribution is -0.132. The smallest absolute Gasteiger partial charge is 0.223 e. The second-order valence-electron chi connectivity index (χ2n) is 9.54. The third kappa shape index (κ3) is 4.72. The first-order chi connectivity index (χ1) is 14.8. The number of carbonyl (C=O) groups excluding carboxylic acids is 1. The van der Waals surface area contributed by atoms with Crippen LogP contribution in [0, 0.1) is 0 Å². The van der Waals surface area contributed by atoms with Crippen LogP contribution in [-0.4, -0.2) is 35.7 Å². The SMILES string of the molecule is CC(C)(C)c1ccc([C@@H](O)CCC(=O)N2CCC[C@@H]2c2cccc3c2OCCO3)cc1. The number of benzene rings is 2. The normalized spacial score (nSPS) is 19.4. The molecule has 2 aromatic carbocycles. The molecule has 5 nitrogen and oxygen atoms in total. The Hall–Kier alpha value is -2.53. The molecule has 0 saturated carbocycles. The molecule has 2 aromatic rings. The fraction of sp³-hybridized carbons (Fsp3) is 0.500. The van der Waals surface area contributed by atoms with Crippen LogP contribution < -0.4 is 9.47 Å². The molecular weight excluding hydrogens is 390 g/mol. The Morgan fingerprint density at radius 3 is 2.61 bits per heavy atom. The Kier molecular flexibility index (Phi) is 6.24. The van der Waals surface area contributed by atoms with Crippen LogP contribution in [-0.2, 0) is 10.2 Å². The molecule has 4 rings (SSSR count). The minimum Gasteiger partial charge on any atom is -0.486 e. The summed E-state index contributed by atoms with van der Waals surface area (Å²) in [6.45, 7) is 8.34. The molecule has 1 N–H and O–H groups in total. The topological polar surface area (TPSA) is 59.0 Å². The van der Waals surface area contributed by atoms with Crippen LogP contribution >= 0.6 is 0 Å². The molecule has 0 aromatic heterocycles. The van der Waals surface area contributed by atoms with Gasteiger partial charge in [0.15, 0.2) is 11.5 Å². The van der Waals surface area contributed by atoms with Gasteiger partial charge in [0.25, 0.3) is 0 Å². The number of aliphatic hydroxyl groups is 1. The van der Waals surface area contributed by atoms with Crippen LogP contribution in [0.4, 0.5) is 0 Å². The molecule has 2 aliphatic heterocycles. The number of rotatable bonds is 5. The van der Waals surface area contributed by atoms with E-state index in [1.54, 1.807) is 0 Å². The van der Waals surface area contributed by atoms with Crippen LogP contribution in [0.1, 0.15) is 75.3 Å². The molecular formula is C26H33NO4. The molecule has 1 amide bonds. The predicted molar refractivity (Wildman–Crippen MR) is 120 cm³/mol. The van der Waals surface area contributed by atoms with Crippen LogP contribution in [0.3, 0.4) is 0 Å². The Morgan fingerprint density at radius 1 is 1.13 bits per heavy atom. The highest BCUT2D eigenvalue weighted by molar-refractivity contribution is 5.77. The first-order valence-electron chi connectivity index (χ1n) is 11.3. The van der Waals surface area contributed by atoms with Gasteiger partial charge >= 0.3 is 0 Å². The van der Waals surface area contributed by atoms with E-state index in [4.69, 9.17) is 9.47 Å². The van der Waals surface area contributed by atoms with Crippen molar-refractivity contribution in [3.05, 3.63) is 59.2 Å². The lowest BCUT2D eigenvalue weighted by Crippen LogP contribution is -2.31. The lowest BCUT2D eigenvalue weighted by Gasteiger charge is -2.29. The van der Waals surface area contributed by atoms with Crippen molar-refractivity contribution in [2.24, 2.45) is 0 Å². The highest BCUT2D eigenvalue weighted by atomic mass is 16.6. The van der Waals surface area contributed by atoms with Crippen molar-refractivity contribution in [1.82, 2.24) is 4.90 Å². The number of nitrogens with zero attached hydrogens (tertiary/aromatic N) is 1.